The lowest BCUT2D eigenvalue weighted by atomic mass is 10.3. The van der Waals surface area contributed by atoms with Crippen LogP contribution >= 0.6 is 0 Å². The van der Waals surface area contributed by atoms with Crippen LogP contribution in [0.5, 0.6) is 0 Å². The molecule has 2 aromatic rings. The number of nitriles is 2. The summed E-state index contributed by atoms with van der Waals surface area (Å²) in [5.74, 6) is -0.274. The Bertz CT molecular complexity index is 825. The zero-order valence-corrected chi connectivity index (χ0v) is 13.4. The van der Waals surface area contributed by atoms with Crippen LogP contribution < -0.4 is 10.7 Å². The smallest absolute Gasteiger partial charge is 0.271 e. The molecule has 126 valence electrons. The van der Waals surface area contributed by atoms with Crippen molar-refractivity contribution in [3.8, 4) is 17.8 Å². The maximum Gasteiger partial charge on any atom is 0.271 e. The van der Waals surface area contributed by atoms with Gasteiger partial charge in [0.2, 0.25) is 5.71 Å². The first kappa shape index (κ1) is 17.7. The molecule has 1 amide bonds. The molecule has 0 aliphatic heterocycles. The SMILES string of the molecule is COCCNC(=O)c1ccn(-c2ccc(NN=C(C#N)C#N)cc2)n1. The quantitative estimate of drug-likeness (QED) is 0.442. The van der Waals surface area contributed by atoms with E-state index in [2.05, 4.69) is 20.9 Å². The van der Waals surface area contributed by atoms with Gasteiger partial charge in [0.05, 0.1) is 18.0 Å². The molecule has 1 aromatic heterocycles. The van der Waals surface area contributed by atoms with Crippen molar-refractivity contribution in [2.45, 2.75) is 0 Å². The minimum absolute atomic E-state index is 0.264. The fraction of sp³-hybridized carbons (Fsp3) is 0.188. The van der Waals surface area contributed by atoms with Crippen molar-refractivity contribution in [3.05, 3.63) is 42.2 Å². The number of carbonyl (C=O) groups excluding carboxylic acids is 1. The standard InChI is InChI=1S/C16H15N7O2/c1-25-9-7-19-16(24)15-6-8-23(22-15)14-4-2-12(3-5-14)20-21-13(10-17)11-18/h2-6,8,20H,7,9H2,1H3,(H,19,24). The average Bonchev–Trinajstić information content (AvgIpc) is 3.13. The maximum absolute atomic E-state index is 11.9. The first-order valence-corrected chi connectivity index (χ1v) is 7.25. The number of benzene rings is 1. The highest BCUT2D eigenvalue weighted by Crippen LogP contribution is 2.13. The number of hydrazone groups is 1. The molecule has 25 heavy (non-hydrogen) atoms. The summed E-state index contributed by atoms with van der Waals surface area (Å²) in [6.45, 7) is 0.846. The molecule has 0 spiro atoms. The fourth-order valence-corrected chi connectivity index (χ4v) is 1.83. The van der Waals surface area contributed by atoms with Crippen LogP contribution in [0.4, 0.5) is 5.69 Å². The molecule has 0 bridgehead atoms. The van der Waals surface area contributed by atoms with Crippen molar-refractivity contribution in [1.29, 1.82) is 10.5 Å². The lowest BCUT2D eigenvalue weighted by Crippen LogP contribution is -2.27. The summed E-state index contributed by atoms with van der Waals surface area (Å²) in [7, 11) is 1.56. The molecule has 2 N–H and O–H groups in total. The second-order valence-electron chi connectivity index (χ2n) is 4.74. The Morgan fingerprint density at radius 2 is 2.00 bits per heavy atom. The van der Waals surface area contributed by atoms with Crippen LogP contribution in [0.25, 0.3) is 5.69 Å². The number of ether oxygens (including phenoxy) is 1. The van der Waals surface area contributed by atoms with Crippen LogP contribution in [0.3, 0.4) is 0 Å². The van der Waals surface area contributed by atoms with E-state index in [1.165, 1.54) is 0 Å². The summed E-state index contributed by atoms with van der Waals surface area (Å²) < 4.78 is 6.44. The van der Waals surface area contributed by atoms with Gasteiger partial charge in [0.25, 0.3) is 5.91 Å². The minimum atomic E-state index is -0.274. The van der Waals surface area contributed by atoms with Gasteiger partial charge >= 0.3 is 0 Å². The molecule has 0 atom stereocenters. The third-order valence-electron chi connectivity index (χ3n) is 3.05. The molecule has 0 aliphatic rings. The van der Waals surface area contributed by atoms with Gasteiger partial charge in [-0.25, -0.2) is 4.68 Å². The van der Waals surface area contributed by atoms with Crippen LogP contribution in [-0.4, -0.2) is 41.7 Å². The number of anilines is 1. The Kier molecular flexibility index (Phi) is 6.23. The summed E-state index contributed by atoms with van der Waals surface area (Å²) in [6.07, 6.45) is 1.68. The lowest BCUT2D eigenvalue weighted by molar-refractivity contribution is 0.0931. The van der Waals surface area contributed by atoms with Crippen molar-refractivity contribution in [2.24, 2.45) is 5.10 Å². The minimum Gasteiger partial charge on any atom is -0.383 e. The topological polar surface area (TPSA) is 128 Å². The molecule has 1 heterocycles. The Labute approximate surface area is 144 Å². The maximum atomic E-state index is 11.9. The molecule has 2 rings (SSSR count). The third kappa shape index (κ3) is 4.89. The summed E-state index contributed by atoms with van der Waals surface area (Å²) in [6, 6.07) is 11.9. The first-order valence-electron chi connectivity index (χ1n) is 7.25. The van der Waals surface area contributed by atoms with Gasteiger partial charge < -0.3 is 10.1 Å². The van der Waals surface area contributed by atoms with E-state index in [-0.39, 0.29) is 11.6 Å². The third-order valence-corrected chi connectivity index (χ3v) is 3.05. The summed E-state index contributed by atoms with van der Waals surface area (Å²) >= 11 is 0. The van der Waals surface area contributed by atoms with Crippen LogP contribution in [0.15, 0.2) is 41.6 Å². The predicted molar refractivity (Wildman–Crippen MR) is 90.1 cm³/mol. The lowest BCUT2D eigenvalue weighted by Gasteiger charge is -2.04. The Morgan fingerprint density at radius 3 is 2.64 bits per heavy atom. The van der Waals surface area contributed by atoms with Crippen molar-refractivity contribution < 1.29 is 9.53 Å². The number of methoxy groups -OCH3 is 1. The summed E-state index contributed by atoms with van der Waals surface area (Å²) in [5.41, 5.74) is 4.00. The van der Waals surface area contributed by atoms with Crippen molar-refractivity contribution in [2.75, 3.05) is 25.7 Å². The van der Waals surface area contributed by atoms with Gasteiger partial charge in [-0.15, -0.1) is 0 Å². The monoisotopic (exact) mass is 337 g/mol. The zero-order valence-electron chi connectivity index (χ0n) is 13.4. The van der Waals surface area contributed by atoms with Crippen LogP contribution in [0.1, 0.15) is 10.5 Å². The van der Waals surface area contributed by atoms with Gasteiger partial charge in [-0.3, -0.25) is 10.2 Å². The van der Waals surface area contributed by atoms with E-state index in [4.69, 9.17) is 15.3 Å². The van der Waals surface area contributed by atoms with Gasteiger partial charge in [-0.1, -0.05) is 0 Å². The number of hydrogen-bond donors (Lipinski definition) is 2. The average molecular weight is 337 g/mol. The molecule has 0 saturated carbocycles. The van der Waals surface area contributed by atoms with E-state index < -0.39 is 0 Å². The van der Waals surface area contributed by atoms with E-state index in [0.29, 0.717) is 24.5 Å². The molecular formula is C16H15N7O2. The molecule has 0 radical (unpaired) electrons. The first-order chi connectivity index (χ1) is 12.2. The largest absolute Gasteiger partial charge is 0.383 e. The van der Waals surface area contributed by atoms with Gasteiger partial charge in [-0.05, 0) is 30.3 Å². The van der Waals surface area contributed by atoms with Crippen LogP contribution in [0, 0.1) is 22.7 Å². The molecule has 0 aliphatic carbocycles. The van der Waals surface area contributed by atoms with Gasteiger partial charge in [0.1, 0.15) is 12.1 Å². The van der Waals surface area contributed by atoms with Crippen molar-refractivity contribution in [3.63, 3.8) is 0 Å². The Morgan fingerprint density at radius 1 is 1.28 bits per heavy atom. The molecule has 9 heteroatoms. The van der Waals surface area contributed by atoms with E-state index in [1.807, 2.05) is 0 Å². The summed E-state index contributed by atoms with van der Waals surface area (Å²) in [4.78, 5) is 11.9. The van der Waals surface area contributed by atoms with Gasteiger partial charge in [0.15, 0.2) is 5.69 Å². The number of amides is 1. The predicted octanol–water partition coefficient (Wildman–Crippen LogP) is 1.06. The molecule has 0 unspecified atom stereocenters. The second-order valence-corrected chi connectivity index (χ2v) is 4.74. The summed E-state index contributed by atoms with van der Waals surface area (Å²) in [5, 5.41) is 27.8. The number of nitrogens with zero attached hydrogens (tertiary/aromatic N) is 5. The number of nitrogens with one attached hydrogen (secondary N) is 2. The molecule has 0 saturated heterocycles. The Hall–Kier alpha value is -3.69. The van der Waals surface area contributed by atoms with Gasteiger partial charge in [0, 0.05) is 19.9 Å². The van der Waals surface area contributed by atoms with E-state index in [9.17, 15) is 4.79 Å². The van der Waals surface area contributed by atoms with E-state index in [0.717, 1.165) is 5.69 Å². The molecular weight excluding hydrogens is 322 g/mol. The van der Waals surface area contributed by atoms with Gasteiger partial charge in [-0.2, -0.15) is 20.7 Å². The second kappa shape index (κ2) is 8.82. The van der Waals surface area contributed by atoms with E-state index in [1.54, 1.807) is 60.5 Å². The highest BCUT2D eigenvalue weighted by Gasteiger charge is 2.09. The highest BCUT2D eigenvalue weighted by molar-refractivity contribution is 6.10. The van der Waals surface area contributed by atoms with Crippen molar-refractivity contribution >= 4 is 17.3 Å². The number of hydrogen-bond acceptors (Lipinski definition) is 7. The van der Waals surface area contributed by atoms with Crippen LogP contribution in [-0.2, 0) is 4.74 Å². The molecule has 9 nitrogen and oxygen atoms in total. The number of rotatable bonds is 7. The highest BCUT2D eigenvalue weighted by atomic mass is 16.5. The Balaban J connectivity index is 2.03. The normalized spacial score (nSPS) is 9.56. The van der Waals surface area contributed by atoms with Crippen LogP contribution in [0.2, 0.25) is 0 Å². The molecule has 0 fully saturated rings. The number of carbonyl (C=O) groups is 1. The van der Waals surface area contributed by atoms with Crippen molar-refractivity contribution in [1.82, 2.24) is 15.1 Å². The number of aromatic nitrogens is 2. The zero-order chi connectivity index (χ0) is 18.1. The van der Waals surface area contributed by atoms with E-state index >= 15 is 0 Å². The fourth-order valence-electron chi connectivity index (χ4n) is 1.83. The molecule has 1 aromatic carbocycles.